The van der Waals surface area contributed by atoms with Gasteiger partial charge in [-0.3, -0.25) is 0 Å². The topological polar surface area (TPSA) is 91.8 Å². The smallest absolute Gasteiger partial charge is 0.354 e. The monoisotopic (exact) mass is 607 g/mol. The number of aromatic nitrogens is 1. The number of carbonyl (C=O) groups excluding carboxylic acids is 1. The molecule has 1 atom stereocenters. The number of hydrogen-bond donors (Lipinski definition) is 2. The van der Waals surface area contributed by atoms with E-state index in [4.69, 9.17) is 4.43 Å². The van der Waals surface area contributed by atoms with Gasteiger partial charge in [-0.1, -0.05) is 112 Å². The van der Waals surface area contributed by atoms with Crippen LogP contribution in [0.2, 0.25) is 5.04 Å². The predicted molar refractivity (Wildman–Crippen MR) is 177 cm³/mol. The van der Waals surface area contributed by atoms with E-state index in [1.54, 1.807) is 11.0 Å². The Morgan fingerprint density at radius 1 is 0.955 bits per heavy atom. The zero-order valence-electron chi connectivity index (χ0n) is 26.1. The summed E-state index contributed by atoms with van der Waals surface area (Å²) >= 11 is 0. The number of nitrogens with one attached hydrogen (secondary N) is 1. The first-order valence-corrected chi connectivity index (χ1v) is 17.1. The number of carboxylic acid groups (broad SMARTS) is 1. The van der Waals surface area contributed by atoms with Gasteiger partial charge in [-0.2, -0.15) is 0 Å². The summed E-state index contributed by atoms with van der Waals surface area (Å²) in [6, 6.07) is 31.6. The molecule has 2 amide bonds. The molecule has 8 heteroatoms. The second-order valence-electron chi connectivity index (χ2n) is 12.6. The molecule has 0 radical (unpaired) electrons. The Balaban J connectivity index is 1.59. The van der Waals surface area contributed by atoms with Gasteiger partial charge in [-0.25, -0.2) is 14.6 Å². The average molecular weight is 608 g/mol. The molecule has 1 aromatic heterocycles. The van der Waals surface area contributed by atoms with Crippen molar-refractivity contribution in [1.29, 1.82) is 0 Å². The van der Waals surface area contributed by atoms with Crippen LogP contribution in [0.5, 0.6) is 0 Å². The Hall–Kier alpha value is -4.27. The molecule has 3 aromatic carbocycles. The van der Waals surface area contributed by atoms with Crippen molar-refractivity contribution in [1.82, 2.24) is 15.2 Å². The van der Waals surface area contributed by atoms with Crippen molar-refractivity contribution in [2.75, 3.05) is 6.61 Å². The van der Waals surface area contributed by atoms with Crippen molar-refractivity contribution in [3.05, 3.63) is 114 Å². The molecule has 4 aromatic rings. The van der Waals surface area contributed by atoms with Gasteiger partial charge in [0.1, 0.15) is 5.69 Å². The Morgan fingerprint density at radius 2 is 1.50 bits per heavy atom. The van der Waals surface area contributed by atoms with Gasteiger partial charge >= 0.3 is 12.0 Å². The summed E-state index contributed by atoms with van der Waals surface area (Å²) in [5.74, 6) is -1.10. The van der Waals surface area contributed by atoms with E-state index in [9.17, 15) is 14.7 Å². The first kappa shape index (κ1) is 31.2. The van der Waals surface area contributed by atoms with Crippen LogP contribution in [0.4, 0.5) is 4.79 Å². The number of carbonyl (C=O) groups is 2. The second-order valence-corrected chi connectivity index (χ2v) is 17.0. The van der Waals surface area contributed by atoms with Crippen LogP contribution < -0.4 is 15.7 Å². The van der Waals surface area contributed by atoms with Crippen LogP contribution in [-0.4, -0.2) is 48.0 Å². The highest BCUT2D eigenvalue weighted by molar-refractivity contribution is 6.99. The lowest BCUT2D eigenvalue weighted by Crippen LogP contribution is -2.66. The maximum absolute atomic E-state index is 13.6. The predicted octanol–water partition coefficient (Wildman–Crippen LogP) is 6.39. The largest absolute Gasteiger partial charge is 0.477 e. The highest BCUT2D eigenvalue weighted by Gasteiger charge is 2.50. The van der Waals surface area contributed by atoms with Crippen molar-refractivity contribution < 1.29 is 19.1 Å². The summed E-state index contributed by atoms with van der Waals surface area (Å²) in [7, 11) is -2.80. The minimum atomic E-state index is -2.80. The fourth-order valence-electron chi connectivity index (χ4n) is 6.41. The molecule has 2 N–H and O–H groups in total. The maximum atomic E-state index is 13.6. The lowest BCUT2D eigenvalue weighted by molar-refractivity contribution is 0.0690. The molecule has 5 rings (SSSR count). The van der Waals surface area contributed by atoms with E-state index in [1.165, 1.54) is 10.4 Å². The number of carboxylic acids is 1. The van der Waals surface area contributed by atoms with E-state index in [0.717, 1.165) is 16.7 Å². The molecule has 2 heterocycles. The van der Waals surface area contributed by atoms with Gasteiger partial charge in [0.2, 0.25) is 0 Å². The molecular formula is C36H41N3O4Si. The summed E-state index contributed by atoms with van der Waals surface area (Å²) in [5, 5.41) is 15.1. The number of nitrogens with zero attached hydrogens (tertiary/aromatic N) is 2. The van der Waals surface area contributed by atoms with E-state index in [1.807, 2.05) is 56.3 Å². The normalized spacial score (nSPS) is 14.9. The van der Waals surface area contributed by atoms with E-state index < -0.39 is 14.3 Å². The van der Waals surface area contributed by atoms with Crippen molar-refractivity contribution in [2.24, 2.45) is 0 Å². The van der Waals surface area contributed by atoms with Crippen LogP contribution in [0, 0.1) is 0 Å². The maximum Gasteiger partial charge on any atom is 0.354 e. The van der Waals surface area contributed by atoms with Gasteiger partial charge < -0.3 is 19.7 Å². The molecule has 0 spiro atoms. The molecule has 228 valence electrons. The van der Waals surface area contributed by atoms with Crippen molar-refractivity contribution in [3.63, 3.8) is 0 Å². The van der Waals surface area contributed by atoms with Gasteiger partial charge in [0, 0.05) is 30.3 Å². The summed E-state index contributed by atoms with van der Waals surface area (Å²) in [4.78, 5) is 32.1. The average Bonchev–Trinajstić information content (AvgIpc) is 3.38. The lowest BCUT2D eigenvalue weighted by atomic mass is 9.96. The highest BCUT2D eigenvalue weighted by Crippen LogP contribution is 2.43. The van der Waals surface area contributed by atoms with Crippen LogP contribution in [0.1, 0.15) is 68.7 Å². The van der Waals surface area contributed by atoms with E-state index >= 15 is 0 Å². The van der Waals surface area contributed by atoms with E-state index in [2.05, 4.69) is 79.6 Å². The Kier molecular flexibility index (Phi) is 9.04. The van der Waals surface area contributed by atoms with Crippen LogP contribution >= 0.6 is 0 Å². The molecule has 1 aliphatic heterocycles. The fourth-order valence-corrected chi connectivity index (χ4v) is 11.0. The van der Waals surface area contributed by atoms with Crippen LogP contribution in [-0.2, 0) is 11.0 Å². The number of amides is 2. The Bertz CT molecular complexity index is 1570. The number of rotatable bonds is 9. The summed E-state index contributed by atoms with van der Waals surface area (Å²) in [5.41, 5.74) is 3.06. The third kappa shape index (κ3) is 6.05. The zero-order valence-corrected chi connectivity index (χ0v) is 27.1. The van der Waals surface area contributed by atoms with Gasteiger partial charge in [0.25, 0.3) is 8.32 Å². The van der Waals surface area contributed by atoms with Crippen molar-refractivity contribution >= 4 is 30.7 Å². The van der Waals surface area contributed by atoms with Crippen molar-refractivity contribution in [2.45, 2.75) is 64.7 Å². The number of urea groups is 1. The molecular weight excluding hydrogens is 566 g/mol. The standard InChI is InChI=1S/C36H41N3O4Si/c1-25(2)37-35(42)39-24-27-23-30(34(40)41)38-33(26-15-9-6-10-16-26)32(27)31(39)21-22-43-44(36(3,4)5,28-17-11-7-12-18-28)29-19-13-8-14-20-29/h6-20,23,25,31H,21-22,24H2,1-5H3,(H,37,42)(H,40,41)/t31-/m1/s1. The van der Waals surface area contributed by atoms with Crippen molar-refractivity contribution in [3.8, 4) is 11.3 Å². The molecule has 0 saturated heterocycles. The van der Waals surface area contributed by atoms with Crippen LogP contribution in [0.25, 0.3) is 11.3 Å². The van der Waals surface area contributed by atoms with E-state index in [-0.39, 0.29) is 28.8 Å². The third-order valence-electron chi connectivity index (χ3n) is 8.26. The van der Waals surface area contributed by atoms with Crippen LogP contribution in [0.3, 0.4) is 0 Å². The molecule has 0 saturated carbocycles. The quantitative estimate of drug-likeness (QED) is 0.215. The minimum absolute atomic E-state index is 0.0315. The minimum Gasteiger partial charge on any atom is -0.477 e. The molecule has 0 fully saturated rings. The third-order valence-corrected chi connectivity index (χ3v) is 13.3. The van der Waals surface area contributed by atoms with Gasteiger partial charge in [-0.15, -0.1) is 0 Å². The van der Waals surface area contributed by atoms with Gasteiger partial charge in [0.15, 0.2) is 0 Å². The molecule has 0 aliphatic carbocycles. The number of fused-ring (bicyclic) bond motifs is 1. The highest BCUT2D eigenvalue weighted by atomic mass is 28.4. The van der Waals surface area contributed by atoms with E-state index in [0.29, 0.717) is 25.3 Å². The Labute approximate surface area is 261 Å². The first-order valence-electron chi connectivity index (χ1n) is 15.2. The van der Waals surface area contributed by atoms with Gasteiger partial charge in [-0.05, 0) is 47.3 Å². The van der Waals surface area contributed by atoms with Crippen LogP contribution in [0.15, 0.2) is 97.1 Å². The summed E-state index contributed by atoms with van der Waals surface area (Å²) in [6.07, 6.45) is 0.525. The molecule has 44 heavy (non-hydrogen) atoms. The molecule has 0 bridgehead atoms. The summed E-state index contributed by atoms with van der Waals surface area (Å²) in [6.45, 7) is 11.3. The SMILES string of the molecule is CC(C)NC(=O)N1Cc2cc(C(=O)O)nc(-c3ccccc3)c2[C@H]1CCO[Si](c1ccccc1)(c1ccccc1)C(C)(C)C. The number of hydrogen-bond acceptors (Lipinski definition) is 4. The molecule has 1 aliphatic rings. The summed E-state index contributed by atoms with van der Waals surface area (Å²) < 4.78 is 7.23. The Morgan fingerprint density at radius 3 is 2.00 bits per heavy atom. The van der Waals surface area contributed by atoms with Gasteiger partial charge in [0.05, 0.1) is 11.7 Å². The number of benzene rings is 3. The lowest BCUT2D eigenvalue weighted by Gasteiger charge is -2.43. The first-order chi connectivity index (χ1) is 21.0. The molecule has 7 nitrogen and oxygen atoms in total. The second kappa shape index (κ2) is 12.8. The number of aromatic carboxylic acids is 1. The fraction of sp³-hybridized carbons (Fsp3) is 0.306. The molecule has 0 unspecified atom stereocenters. The number of pyridine rings is 1. The zero-order chi connectivity index (χ0) is 31.5.